The first kappa shape index (κ1) is 18.1. The van der Waals surface area contributed by atoms with E-state index in [1.165, 1.54) is 5.56 Å². The summed E-state index contributed by atoms with van der Waals surface area (Å²) >= 11 is 0. The fourth-order valence-electron chi connectivity index (χ4n) is 3.45. The standard InChI is InChI=1S/C19H19N3O3.ClH/c20-13-5-6-14-11(8-13)2-1-3-15(14)22-19(24)12-4-7-17-16(9-12)21-18(23)10-25-17;/h4-9,15H,1-3,10,20H2,(H,21,23)(H,22,24);1H. The number of ether oxygens (including phenoxy) is 1. The van der Waals surface area contributed by atoms with Crippen LogP contribution in [0.2, 0.25) is 0 Å². The smallest absolute Gasteiger partial charge is 0.262 e. The van der Waals surface area contributed by atoms with Gasteiger partial charge in [0.15, 0.2) is 6.61 Å². The molecule has 2 aliphatic rings. The van der Waals surface area contributed by atoms with Crippen molar-refractivity contribution in [3.8, 4) is 5.75 Å². The largest absolute Gasteiger partial charge is 0.482 e. The summed E-state index contributed by atoms with van der Waals surface area (Å²) in [5.74, 6) is 0.191. The lowest BCUT2D eigenvalue weighted by Crippen LogP contribution is -2.31. The maximum absolute atomic E-state index is 12.7. The molecule has 0 aromatic heterocycles. The van der Waals surface area contributed by atoms with Gasteiger partial charge >= 0.3 is 0 Å². The first-order valence-electron chi connectivity index (χ1n) is 8.36. The highest BCUT2D eigenvalue weighted by molar-refractivity contribution is 6.00. The van der Waals surface area contributed by atoms with Crippen molar-refractivity contribution in [3.05, 3.63) is 53.1 Å². The van der Waals surface area contributed by atoms with Crippen LogP contribution in [-0.4, -0.2) is 18.4 Å². The fourth-order valence-corrected chi connectivity index (χ4v) is 3.45. The van der Waals surface area contributed by atoms with Crippen LogP contribution in [0.5, 0.6) is 5.75 Å². The molecule has 0 spiro atoms. The molecule has 1 atom stereocenters. The fraction of sp³-hybridized carbons (Fsp3) is 0.263. The molecular weight excluding hydrogens is 354 g/mol. The van der Waals surface area contributed by atoms with E-state index in [4.69, 9.17) is 10.5 Å². The summed E-state index contributed by atoms with van der Waals surface area (Å²) in [5.41, 5.74) is 9.95. The van der Waals surface area contributed by atoms with Gasteiger partial charge in [0, 0.05) is 11.3 Å². The molecule has 0 fully saturated rings. The van der Waals surface area contributed by atoms with Crippen LogP contribution in [0.3, 0.4) is 0 Å². The molecule has 1 unspecified atom stereocenters. The lowest BCUT2D eigenvalue weighted by atomic mass is 9.87. The van der Waals surface area contributed by atoms with Crippen LogP contribution in [0.25, 0.3) is 0 Å². The van der Waals surface area contributed by atoms with Crippen LogP contribution in [0.15, 0.2) is 36.4 Å². The van der Waals surface area contributed by atoms with Gasteiger partial charge in [-0.1, -0.05) is 6.07 Å². The molecule has 136 valence electrons. The van der Waals surface area contributed by atoms with E-state index in [1.54, 1.807) is 18.2 Å². The van der Waals surface area contributed by atoms with Crippen molar-refractivity contribution in [2.24, 2.45) is 0 Å². The molecule has 0 radical (unpaired) electrons. The highest BCUT2D eigenvalue weighted by Crippen LogP contribution is 2.32. The molecule has 0 saturated carbocycles. The SMILES string of the molecule is Cl.Nc1ccc2c(c1)CCCC2NC(=O)c1ccc2c(c1)NC(=O)CO2. The van der Waals surface area contributed by atoms with Gasteiger partial charge in [-0.05, 0) is 60.7 Å². The number of aryl methyl sites for hydroxylation is 1. The Balaban J connectivity index is 0.00000196. The van der Waals surface area contributed by atoms with Gasteiger partial charge in [0.2, 0.25) is 0 Å². The van der Waals surface area contributed by atoms with Gasteiger partial charge in [0.1, 0.15) is 5.75 Å². The van der Waals surface area contributed by atoms with Gasteiger partial charge in [-0.2, -0.15) is 0 Å². The van der Waals surface area contributed by atoms with Gasteiger partial charge < -0.3 is 21.1 Å². The third-order valence-corrected chi connectivity index (χ3v) is 4.66. The minimum absolute atomic E-state index is 0. The minimum atomic E-state index is -0.219. The second-order valence-electron chi connectivity index (χ2n) is 6.42. The normalized spacial score (nSPS) is 17.7. The lowest BCUT2D eigenvalue weighted by Gasteiger charge is -2.27. The first-order valence-corrected chi connectivity index (χ1v) is 8.36. The predicted molar refractivity (Wildman–Crippen MR) is 102 cm³/mol. The molecule has 2 aromatic rings. The maximum atomic E-state index is 12.7. The lowest BCUT2D eigenvalue weighted by molar-refractivity contribution is -0.118. The van der Waals surface area contributed by atoms with E-state index in [0.717, 1.165) is 30.5 Å². The van der Waals surface area contributed by atoms with E-state index in [2.05, 4.69) is 10.6 Å². The Labute approximate surface area is 157 Å². The van der Waals surface area contributed by atoms with E-state index < -0.39 is 0 Å². The summed E-state index contributed by atoms with van der Waals surface area (Å²) in [7, 11) is 0. The van der Waals surface area contributed by atoms with Crippen molar-refractivity contribution >= 4 is 35.6 Å². The van der Waals surface area contributed by atoms with Crippen molar-refractivity contribution in [3.63, 3.8) is 0 Å². The molecule has 1 aliphatic carbocycles. The van der Waals surface area contributed by atoms with Gasteiger partial charge in [0.05, 0.1) is 11.7 Å². The highest BCUT2D eigenvalue weighted by Gasteiger charge is 2.23. The summed E-state index contributed by atoms with van der Waals surface area (Å²) in [6, 6.07) is 10.9. The molecule has 7 heteroatoms. The van der Waals surface area contributed by atoms with Crippen LogP contribution in [-0.2, 0) is 11.2 Å². The van der Waals surface area contributed by atoms with Crippen LogP contribution in [0, 0.1) is 0 Å². The Morgan fingerprint density at radius 2 is 2.08 bits per heavy atom. The molecule has 1 aliphatic heterocycles. The zero-order valence-corrected chi connectivity index (χ0v) is 14.9. The molecule has 4 rings (SSSR count). The number of carbonyl (C=O) groups is 2. The van der Waals surface area contributed by atoms with E-state index in [1.807, 2.05) is 18.2 Å². The number of anilines is 2. The Morgan fingerprint density at radius 1 is 1.23 bits per heavy atom. The number of halogens is 1. The Bertz CT molecular complexity index is 869. The quantitative estimate of drug-likeness (QED) is 0.705. The summed E-state index contributed by atoms with van der Waals surface area (Å²) in [6.45, 7) is 0.000528. The number of nitrogens with two attached hydrogens (primary N) is 1. The van der Waals surface area contributed by atoms with Crippen LogP contribution >= 0.6 is 12.4 Å². The van der Waals surface area contributed by atoms with Crippen LogP contribution in [0.4, 0.5) is 11.4 Å². The number of nitrogens with one attached hydrogen (secondary N) is 2. The molecule has 2 amide bonds. The third-order valence-electron chi connectivity index (χ3n) is 4.66. The summed E-state index contributed by atoms with van der Waals surface area (Å²) < 4.78 is 5.32. The number of hydrogen-bond donors (Lipinski definition) is 3. The van der Waals surface area contributed by atoms with Gasteiger partial charge in [0.25, 0.3) is 11.8 Å². The van der Waals surface area contributed by atoms with Crippen LogP contribution < -0.4 is 21.1 Å². The molecular formula is C19H20ClN3O3. The number of amides is 2. The Kier molecular flexibility index (Phi) is 5.04. The number of carbonyl (C=O) groups excluding carboxylic acids is 2. The second kappa shape index (κ2) is 7.25. The van der Waals surface area contributed by atoms with Gasteiger partial charge in [-0.3, -0.25) is 9.59 Å². The molecule has 0 saturated heterocycles. The summed E-state index contributed by atoms with van der Waals surface area (Å²) in [5, 5.41) is 5.82. The third kappa shape index (κ3) is 3.46. The number of fused-ring (bicyclic) bond motifs is 2. The Morgan fingerprint density at radius 3 is 2.92 bits per heavy atom. The average Bonchev–Trinajstić information content (AvgIpc) is 2.61. The minimum Gasteiger partial charge on any atom is -0.482 e. The first-order chi connectivity index (χ1) is 12.1. The number of hydrogen-bond acceptors (Lipinski definition) is 4. The van der Waals surface area contributed by atoms with Crippen molar-refractivity contribution < 1.29 is 14.3 Å². The number of rotatable bonds is 2. The molecule has 4 N–H and O–H groups in total. The number of benzene rings is 2. The Hall–Kier alpha value is -2.73. The molecule has 2 aromatic carbocycles. The van der Waals surface area contributed by atoms with E-state index >= 15 is 0 Å². The van der Waals surface area contributed by atoms with E-state index in [0.29, 0.717) is 17.0 Å². The average molecular weight is 374 g/mol. The second-order valence-corrected chi connectivity index (χ2v) is 6.42. The summed E-state index contributed by atoms with van der Waals surface area (Å²) in [4.78, 5) is 24.1. The van der Waals surface area contributed by atoms with E-state index in [9.17, 15) is 9.59 Å². The van der Waals surface area contributed by atoms with Crippen molar-refractivity contribution in [1.82, 2.24) is 5.32 Å². The van der Waals surface area contributed by atoms with Crippen molar-refractivity contribution in [2.45, 2.75) is 25.3 Å². The predicted octanol–water partition coefficient (Wildman–Crippen LogP) is 2.83. The van der Waals surface area contributed by atoms with Gasteiger partial charge in [-0.25, -0.2) is 0 Å². The monoisotopic (exact) mass is 373 g/mol. The van der Waals surface area contributed by atoms with Crippen molar-refractivity contribution in [2.75, 3.05) is 17.7 Å². The highest BCUT2D eigenvalue weighted by atomic mass is 35.5. The maximum Gasteiger partial charge on any atom is 0.262 e. The van der Waals surface area contributed by atoms with E-state index in [-0.39, 0.29) is 36.9 Å². The van der Waals surface area contributed by atoms with Crippen molar-refractivity contribution in [1.29, 1.82) is 0 Å². The van der Waals surface area contributed by atoms with Gasteiger partial charge in [-0.15, -0.1) is 12.4 Å². The topological polar surface area (TPSA) is 93.5 Å². The van der Waals surface area contributed by atoms with Crippen LogP contribution in [0.1, 0.15) is 40.4 Å². The molecule has 0 bridgehead atoms. The molecule has 1 heterocycles. The summed E-state index contributed by atoms with van der Waals surface area (Å²) in [6.07, 6.45) is 2.89. The zero-order chi connectivity index (χ0) is 17.4. The zero-order valence-electron chi connectivity index (χ0n) is 14.1. The number of nitrogen functional groups attached to an aromatic ring is 1. The molecule has 6 nitrogen and oxygen atoms in total. The molecule has 26 heavy (non-hydrogen) atoms.